The van der Waals surface area contributed by atoms with Crippen molar-refractivity contribution in [2.45, 2.75) is 19.4 Å². The molecule has 1 aromatic heterocycles. The third kappa shape index (κ3) is 3.03. The third-order valence-corrected chi connectivity index (χ3v) is 3.02. The van der Waals surface area contributed by atoms with Gasteiger partial charge >= 0.3 is 5.97 Å². The second-order valence-electron chi connectivity index (χ2n) is 4.75. The van der Waals surface area contributed by atoms with Crippen molar-refractivity contribution >= 4 is 22.7 Å². The molecule has 0 spiro atoms. The summed E-state index contributed by atoms with van der Waals surface area (Å²) in [6.07, 6.45) is 0.168. The SMILES string of the molecule is CC(O)CCN(C)c1nc(C(=O)O)nc2ccccc12. The van der Waals surface area contributed by atoms with Gasteiger partial charge in [-0.1, -0.05) is 12.1 Å². The molecule has 0 amide bonds. The summed E-state index contributed by atoms with van der Waals surface area (Å²) >= 11 is 0. The number of hydrogen-bond donors (Lipinski definition) is 2. The van der Waals surface area contributed by atoms with E-state index in [2.05, 4.69) is 9.97 Å². The second-order valence-corrected chi connectivity index (χ2v) is 4.75. The maximum Gasteiger partial charge on any atom is 0.374 e. The maximum absolute atomic E-state index is 11.1. The molecule has 0 aliphatic carbocycles. The van der Waals surface area contributed by atoms with Crippen molar-refractivity contribution in [3.8, 4) is 0 Å². The van der Waals surface area contributed by atoms with Gasteiger partial charge in [-0.25, -0.2) is 14.8 Å². The number of aliphatic hydroxyl groups is 1. The lowest BCUT2D eigenvalue weighted by atomic mass is 10.2. The highest BCUT2D eigenvalue weighted by atomic mass is 16.4. The molecule has 6 nitrogen and oxygen atoms in total. The number of para-hydroxylation sites is 1. The maximum atomic E-state index is 11.1. The van der Waals surface area contributed by atoms with Crippen molar-refractivity contribution in [1.82, 2.24) is 9.97 Å². The number of carboxylic acids is 1. The normalized spacial score (nSPS) is 12.3. The zero-order valence-corrected chi connectivity index (χ0v) is 11.4. The highest BCUT2D eigenvalue weighted by molar-refractivity contribution is 5.93. The Labute approximate surface area is 116 Å². The molecule has 0 saturated heterocycles. The Morgan fingerprint density at radius 1 is 1.35 bits per heavy atom. The highest BCUT2D eigenvalue weighted by Gasteiger charge is 2.15. The molecule has 0 radical (unpaired) electrons. The van der Waals surface area contributed by atoms with Crippen LogP contribution in [0.5, 0.6) is 0 Å². The molecule has 2 rings (SSSR count). The minimum Gasteiger partial charge on any atom is -0.475 e. The Kier molecular flexibility index (Phi) is 4.14. The van der Waals surface area contributed by atoms with E-state index in [1.807, 2.05) is 24.1 Å². The molecular formula is C14H17N3O3. The van der Waals surface area contributed by atoms with Gasteiger partial charge in [0.05, 0.1) is 11.6 Å². The summed E-state index contributed by atoms with van der Waals surface area (Å²) in [6, 6.07) is 7.28. The number of nitrogens with zero attached hydrogens (tertiary/aromatic N) is 3. The number of hydrogen-bond acceptors (Lipinski definition) is 5. The molecule has 0 saturated carbocycles. The molecule has 1 heterocycles. The Bertz CT molecular complexity index is 628. The molecule has 0 fully saturated rings. The van der Waals surface area contributed by atoms with E-state index in [1.165, 1.54) is 0 Å². The smallest absolute Gasteiger partial charge is 0.374 e. The van der Waals surface area contributed by atoms with Crippen LogP contribution < -0.4 is 4.90 Å². The van der Waals surface area contributed by atoms with Crippen LogP contribution in [0.1, 0.15) is 24.0 Å². The molecule has 0 bridgehead atoms. The molecule has 2 aromatic rings. The summed E-state index contributed by atoms with van der Waals surface area (Å²) in [5.74, 6) is -0.808. The van der Waals surface area contributed by atoms with Crippen molar-refractivity contribution < 1.29 is 15.0 Å². The minimum atomic E-state index is -1.15. The zero-order valence-electron chi connectivity index (χ0n) is 11.4. The average Bonchev–Trinajstić information content (AvgIpc) is 2.43. The van der Waals surface area contributed by atoms with Crippen LogP contribution in [0.4, 0.5) is 5.82 Å². The number of carboxylic acid groups (broad SMARTS) is 1. The standard InChI is InChI=1S/C14H17N3O3/c1-9(18)7-8-17(2)13-10-5-3-4-6-11(10)15-12(16-13)14(19)20/h3-6,9,18H,7-8H2,1-2H3,(H,19,20). The summed E-state index contributed by atoms with van der Waals surface area (Å²) in [4.78, 5) is 21.1. The fourth-order valence-corrected chi connectivity index (χ4v) is 1.93. The number of rotatable bonds is 5. The van der Waals surface area contributed by atoms with Gasteiger partial charge < -0.3 is 15.1 Å². The van der Waals surface area contributed by atoms with Crippen LogP contribution in [0, 0.1) is 0 Å². The second kappa shape index (κ2) is 5.83. The van der Waals surface area contributed by atoms with Gasteiger partial charge in [-0.15, -0.1) is 0 Å². The third-order valence-electron chi connectivity index (χ3n) is 3.02. The predicted octanol–water partition coefficient (Wildman–Crippen LogP) is 1.54. The van der Waals surface area contributed by atoms with Crippen LogP contribution >= 0.6 is 0 Å². The monoisotopic (exact) mass is 275 g/mol. The van der Waals surface area contributed by atoms with Crippen molar-refractivity contribution in [3.63, 3.8) is 0 Å². The first kappa shape index (κ1) is 14.2. The van der Waals surface area contributed by atoms with E-state index < -0.39 is 12.1 Å². The number of benzene rings is 1. The van der Waals surface area contributed by atoms with E-state index in [9.17, 15) is 9.90 Å². The highest BCUT2D eigenvalue weighted by Crippen LogP contribution is 2.23. The first-order chi connectivity index (χ1) is 9.49. The predicted molar refractivity (Wildman–Crippen MR) is 76.1 cm³/mol. The van der Waals surface area contributed by atoms with E-state index in [-0.39, 0.29) is 5.82 Å². The lowest BCUT2D eigenvalue weighted by Gasteiger charge is -2.20. The van der Waals surface area contributed by atoms with Crippen LogP contribution in [-0.2, 0) is 0 Å². The average molecular weight is 275 g/mol. The van der Waals surface area contributed by atoms with Gasteiger partial charge in [0.25, 0.3) is 0 Å². The topological polar surface area (TPSA) is 86.5 Å². The van der Waals surface area contributed by atoms with Gasteiger partial charge in [-0.3, -0.25) is 0 Å². The Morgan fingerprint density at radius 3 is 2.70 bits per heavy atom. The first-order valence-corrected chi connectivity index (χ1v) is 6.38. The molecule has 1 unspecified atom stereocenters. The summed E-state index contributed by atoms with van der Waals surface area (Å²) in [5.41, 5.74) is 0.596. The number of aliphatic hydroxyl groups excluding tert-OH is 1. The lowest BCUT2D eigenvalue weighted by Crippen LogP contribution is -2.24. The number of anilines is 1. The van der Waals surface area contributed by atoms with Crippen molar-refractivity contribution in [2.24, 2.45) is 0 Å². The van der Waals surface area contributed by atoms with Crippen LogP contribution in [0.15, 0.2) is 24.3 Å². The zero-order chi connectivity index (χ0) is 14.7. The van der Waals surface area contributed by atoms with E-state index in [0.29, 0.717) is 24.3 Å². The number of aromatic nitrogens is 2. The van der Waals surface area contributed by atoms with Crippen molar-refractivity contribution in [2.75, 3.05) is 18.5 Å². The number of aromatic carboxylic acids is 1. The van der Waals surface area contributed by atoms with E-state index in [0.717, 1.165) is 5.39 Å². The Balaban J connectivity index is 2.46. The number of carbonyl (C=O) groups is 1. The molecule has 2 N–H and O–H groups in total. The first-order valence-electron chi connectivity index (χ1n) is 6.38. The lowest BCUT2D eigenvalue weighted by molar-refractivity contribution is 0.0684. The van der Waals surface area contributed by atoms with E-state index in [4.69, 9.17) is 5.11 Å². The van der Waals surface area contributed by atoms with Crippen LogP contribution in [0.25, 0.3) is 10.9 Å². The van der Waals surface area contributed by atoms with Crippen molar-refractivity contribution in [3.05, 3.63) is 30.1 Å². The van der Waals surface area contributed by atoms with Gasteiger partial charge in [0.2, 0.25) is 5.82 Å². The number of fused-ring (bicyclic) bond motifs is 1. The Hall–Kier alpha value is -2.21. The van der Waals surface area contributed by atoms with Gasteiger partial charge in [0, 0.05) is 19.0 Å². The fraction of sp³-hybridized carbons (Fsp3) is 0.357. The van der Waals surface area contributed by atoms with Crippen LogP contribution in [0.3, 0.4) is 0 Å². The van der Waals surface area contributed by atoms with Gasteiger partial charge in [-0.05, 0) is 25.5 Å². The molecule has 6 heteroatoms. The molecule has 20 heavy (non-hydrogen) atoms. The largest absolute Gasteiger partial charge is 0.475 e. The van der Waals surface area contributed by atoms with E-state index >= 15 is 0 Å². The van der Waals surface area contributed by atoms with Gasteiger partial charge in [0.15, 0.2) is 0 Å². The molecule has 1 aromatic carbocycles. The summed E-state index contributed by atoms with van der Waals surface area (Å²) in [5, 5.41) is 19.2. The molecule has 0 aliphatic heterocycles. The minimum absolute atomic E-state index is 0.220. The van der Waals surface area contributed by atoms with Gasteiger partial charge in [-0.2, -0.15) is 0 Å². The summed E-state index contributed by atoms with van der Waals surface area (Å²) in [6.45, 7) is 2.30. The summed E-state index contributed by atoms with van der Waals surface area (Å²) in [7, 11) is 1.82. The van der Waals surface area contributed by atoms with Crippen LogP contribution in [-0.4, -0.2) is 45.8 Å². The van der Waals surface area contributed by atoms with E-state index in [1.54, 1.807) is 19.1 Å². The Morgan fingerprint density at radius 2 is 2.05 bits per heavy atom. The van der Waals surface area contributed by atoms with Crippen molar-refractivity contribution in [1.29, 1.82) is 0 Å². The summed E-state index contributed by atoms with van der Waals surface area (Å²) < 4.78 is 0. The molecule has 0 aliphatic rings. The molecule has 106 valence electrons. The van der Waals surface area contributed by atoms with Gasteiger partial charge in [0.1, 0.15) is 5.82 Å². The quantitative estimate of drug-likeness (QED) is 0.860. The molecule has 1 atom stereocenters. The fourth-order valence-electron chi connectivity index (χ4n) is 1.93. The van der Waals surface area contributed by atoms with Crippen LogP contribution in [0.2, 0.25) is 0 Å². The molecular weight excluding hydrogens is 258 g/mol.